The van der Waals surface area contributed by atoms with Crippen molar-refractivity contribution >= 4 is 51.4 Å². The Morgan fingerprint density at radius 2 is 2.04 bits per heavy atom. The number of thiocarbonyl (C=S) groups is 1. The number of carbonyl (C=O) groups is 2. The molecule has 3 aliphatic rings. The predicted octanol–water partition coefficient (Wildman–Crippen LogP) is 2.80. The molecule has 1 aromatic rings. The van der Waals surface area contributed by atoms with E-state index in [-0.39, 0.29) is 17.9 Å². The summed E-state index contributed by atoms with van der Waals surface area (Å²) in [6, 6.07) is 7.60. The van der Waals surface area contributed by atoms with E-state index in [1.807, 2.05) is 31.2 Å². The molecule has 25 heavy (non-hydrogen) atoms. The monoisotopic (exact) mass is 374 g/mol. The maximum absolute atomic E-state index is 13.0. The first-order chi connectivity index (χ1) is 12.1. The van der Waals surface area contributed by atoms with Gasteiger partial charge in [-0.1, -0.05) is 42.2 Å². The van der Waals surface area contributed by atoms with Gasteiger partial charge in [0.05, 0.1) is 28.8 Å². The molecule has 5 nitrogen and oxygen atoms in total. The molecule has 1 aromatic carbocycles. The van der Waals surface area contributed by atoms with Crippen molar-refractivity contribution in [1.82, 2.24) is 4.90 Å². The predicted molar refractivity (Wildman–Crippen MR) is 102 cm³/mol. The smallest absolute Gasteiger partial charge is 0.267 e. The van der Waals surface area contributed by atoms with Gasteiger partial charge in [-0.15, -0.1) is 0 Å². The molecule has 0 aliphatic carbocycles. The second-order valence-electron chi connectivity index (χ2n) is 6.19. The van der Waals surface area contributed by atoms with Crippen molar-refractivity contribution < 1.29 is 14.3 Å². The van der Waals surface area contributed by atoms with Crippen molar-refractivity contribution in [3.63, 3.8) is 0 Å². The molecule has 0 saturated carbocycles. The van der Waals surface area contributed by atoms with Crippen LogP contribution in [0, 0.1) is 0 Å². The van der Waals surface area contributed by atoms with Crippen LogP contribution in [0.1, 0.15) is 25.3 Å². The lowest BCUT2D eigenvalue weighted by Crippen LogP contribution is -2.35. The van der Waals surface area contributed by atoms with E-state index < -0.39 is 0 Å². The SMILES string of the molecule is CCN1C(=O)/C(=C2\SC(=S)N(C[C@H]3CCCO3)C2=O)c2ccccc21. The number of benzene rings is 1. The van der Waals surface area contributed by atoms with Crippen LogP contribution in [0.25, 0.3) is 5.57 Å². The van der Waals surface area contributed by atoms with Gasteiger partial charge in [-0.05, 0) is 25.8 Å². The van der Waals surface area contributed by atoms with Crippen molar-refractivity contribution in [3.05, 3.63) is 34.7 Å². The topological polar surface area (TPSA) is 49.9 Å². The molecule has 0 bridgehead atoms. The number of likely N-dealkylation sites (N-methyl/N-ethyl adjacent to an activating group) is 1. The van der Waals surface area contributed by atoms with Crippen molar-refractivity contribution in [3.8, 4) is 0 Å². The molecule has 4 rings (SSSR count). The van der Waals surface area contributed by atoms with Gasteiger partial charge in [0, 0.05) is 18.7 Å². The second kappa shape index (κ2) is 6.55. The minimum absolute atomic E-state index is 0.0329. The Morgan fingerprint density at radius 3 is 2.76 bits per heavy atom. The lowest BCUT2D eigenvalue weighted by molar-refractivity contribution is -0.123. The molecule has 0 aromatic heterocycles. The first kappa shape index (κ1) is 16.8. The molecule has 2 saturated heterocycles. The first-order valence-corrected chi connectivity index (χ1v) is 9.65. The number of fused-ring (bicyclic) bond motifs is 1. The minimum atomic E-state index is -0.179. The van der Waals surface area contributed by atoms with Gasteiger partial charge in [-0.2, -0.15) is 0 Å². The van der Waals surface area contributed by atoms with E-state index >= 15 is 0 Å². The van der Waals surface area contributed by atoms with Crippen molar-refractivity contribution in [2.45, 2.75) is 25.9 Å². The van der Waals surface area contributed by atoms with Gasteiger partial charge in [-0.25, -0.2) is 0 Å². The number of nitrogens with zero attached hydrogens (tertiary/aromatic N) is 2. The lowest BCUT2D eigenvalue weighted by Gasteiger charge is -2.18. The van der Waals surface area contributed by atoms with E-state index in [1.165, 1.54) is 11.8 Å². The molecule has 2 fully saturated rings. The number of carbonyl (C=O) groups excluding carboxylic acids is 2. The van der Waals surface area contributed by atoms with Gasteiger partial charge in [-0.3, -0.25) is 14.5 Å². The molecule has 3 heterocycles. The maximum atomic E-state index is 13.0. The molecule has 0 unspecified atom stereocenters. The molecular formula is C18H18N2O3S2. The number of anilines is 1. The van der Waals surface area contributed by atoms with Crippen LogP contribution in [0.15, 0.2) is 29.2 Å². The quantitative estimate of drug-likeness (QED) is 0.601. The van der Waals surface area contributed by atoms with Gasteiger partial charge in [0.25, 0.3) is 11.8 Å². The van der Waals surface area contributed by atoms with Gasteiger partial charge < -0.3 is 9.64 Å². The number of hydrogen-bond acceptors (Lipinski definition) is 5. The third-order valence-electron chi connectivity index (χ3n) is 4.73. The van der Waals surface area contributed by atoms with Crippen LogP contribution >= 0.6 is 24.0 Å². The van der Waals surface area contributed by atoms with Crippen LogP contribution in [0.3, 0.4) is 0 Å². The molecule has 0 radical (unpaired) electrons. The summed E-state index contributed by atoms with van der Waals surface area (Å²) >= 11 is 6.64. The Morgan fingerprint density at radius 1 is 1.24 bits per heavy atom. The van der Waals surface area contributed by atoms with Crippen LogP contribution < -0.4 is 4.90 Å². The fourth-order valence-electron chi connectivity index (χ4n) is 3.51. The van der Waals surface area contributed by atoms with Crippen LogP contribution in [0.2, 0.25) is 0 Å². The Labute approximate surface area is 156 Å². The van der Waals surface area contributed by atoms with E-state index in [2.05, 4.69) is 0 Å². The van der Waals surface area contributed by atoms with E-state index in [1.54, 1.807) is 9.80 Å². The van der Waals surface area contributed by atoms with Gasteiger partial charge in [0.2, 0.25) is 0 Å². The highest BCUT2D eigenvalue weighted by atomic mass is 32.2. The van der Waals surface area contributed by atoms with Crippen LogP contribution in [0.4, 0.5) is 5.69 Å². The van der Waals surface area contributed by atoms with Crippen molar-refractivity contribution in [2.24, 2.45) is 0 Å². The van der Waals surface area contributed by atoms with Crippen molar-refractivity contribution in [2.75, 3.05) is 24.6 Å². The summed E-state index contributed by atoms with van der Waals surface area (Å²) in [7, 11) is 0. The Kier molecular flexibility index (Phi) is 4.39. The second-order valence-corrected chi connectivity index (χ2v) is 7.83. The summed E-state index contributed by atoms with van der Waals surface area (Å²) in [6.45, 7) is 3.70. The minimum Gasteiger partial charge on any atom is -0.376 e. The fourth-order valence-corrected chi connectivity index (χ4v) is 4.86. The normalized spacial score (nSPS) is 26.1. The van der Waals surface area contributed by atoms with E-state index in [0.29, 0.717) is 27.9 Å². The standard InChI is InChI=1S/C18H18N2O3S2/c1-2-19-13-8-4-3-7-12(13)14(16(19)21)15-17(22)20(18(24)25-15)10-11-6-5-9-23-11/h3-4,7-8,11H,2,5-6,9-10H2,1H3/b15-14-/t11-/m1/s1. The zero-order valence-electron chi connectivity index (χ0n) is 13.9. The van der Waals surface area contributed by atoms with Crippen molar-refractivity contribution in [1.29, 1.82) is 0 Å². The largest absolute Gasteiger partial charge is 0.376 e. The van der Waals surface area contributed by atoms with Gasteiger partial charge >= 0.3 is 0 Å². The molecular weight excluding hydrogens is 356 g/mol. The Bertz CT molecular complexity index is 799. The summed E-state index contributed by atoms with van der Waals surface area (Å²) in [5.74, 6) is -0.303. The highest BCUT2D eigenvalue weighted by Crippen LogP contribution is 2.44. The van der Waals surface area contributed by atoms with Gasteiger partial charge in [0.1, 0.15) is 4.32 Å². The van der Waals surface area contributed by atoms with Gasteiger partial charge in [0.15, 0.2) is 0 Å². The van der Waals surface area contributed by atoms with E-state index in [0.717, 1.165) is 30.7 Å². The summed E-state index contributed by atoms with van der Waals surface area (Å²) in [6.07, 6.45) is 1.98. The van der Waals surface area contributed by atoms with Crippen LogP contribution in [0.5, 0.6) is 0 Å². The van der Waals surface area contributed by atoms with Crippen LogP contribution in [-0.2, 0) is 14.3 Å². The number of thioether (sulfide) groups is 1. The molecule has 0 spiro atoms. The van der Waals surface area contributed by atoms with E-state index in [9.17, 15) is 9.59 Å². The lowest BCUT2D eigenvalue weighted by atomic mass is 10.1. The molecule has 2 amide bonds. The number of hydrogen-bond donors (Lipinski definition) is 0. The third-order valence-corrected chi connectivity index (χ3v) is 6.17. The van der Waals surface area contributed by atoms with E-state index in [4.69, 9.17) is 17.0 Å². The first-order valence-electron chi connectivity index (χ1n) is 8.42. The summed E-state index contributed by atoms with van der Waals surface area (Å²) in [5, 5.41) is 0. The number of amides is 2. The molecule has 0 N–H and O–H groups in total. The summed E-state index contributed by atoms with van der Waals surface area (Å²) in [5.41, 5.74) is 2.14. The summed E-state index contributed by atoms with van der Waals surface area (Å²) < 4.78 is 6.13. The molecule has 1 atom stereocenters. The maximum Gasteiger partial charge on any atom is 0.267 e. The third kappa shape index (κ3) is 2.70. The Hall–Kier alpha value is -1.70. The Balaban J connectivity index is 1.72. The number of rotatable bonds is 3. The zero-order chi connectivity index (χ0) is 17.6. The molecule has 3 aliphatic heterocycles. The highest BCUT2D eigenvalue weighted by Gasteiger charge is 2.42. The molecule has 7 heteroatoms. The highest BCUT2D eigenvalue weighted by molar-refractivity contribution is 8.26. The fraction of sp³-hybridized carbons (Fsp3) is 0.389. The number of para-hydroxylation sites is 1. The number of ether oxygens (including phenoxy) is 1. The average Bonchev–Trinajstić information content (AvgIpc) is 3.28. The summed E-state index contributed by atoms with van der Waals surface area (Å²) in [4.78, 5) is 29.6. The molecule has 130 valence electrons. The average molecular weight is 374 g/mol. The zero-order valence-corrected chi connectivity index (χ0v) is 15.5. The van der Waals surface area contributed by atoms with Crippen LogP contribution in [-0.4, -0.2) is 46.8 Å².